The van der Waals surface area contributed by atoms with Crippen LogP contribution in [0.25, 0.3) is 0 Å². The molecule has 0 aliphatic carbocycles. The van der Waals surface area contributed by atoms with Gasteiger partial charge >= 0.3 is 0 Å². The van der Waals surface area contributed by atoms with Gasteiger partial charge in [-0.15, -0.1) is 6.58 Å². The summed E-state index contributed by atoms with van der Waals surface area (Å²) in [6, 6.07) is 7.90. The molecule has 0 atom stereocenters. The lowest BCUT2D eigenvalue weighted by atomic mass is 9.95. The van der Waals surface area contributed by atoms with E-state index in [1.54, 1.807) is 6.08 Å². The molecule has 2 rings (SSSR count). The number of amides is 1. The number of carbonyl (C=O) groups excluding carboxylic acids is 1. The quantitative estimate of drug-likeness (QED) is 0.640. The Kier molecular flexibility index (Phi) is 4.44. The van der Waals surface area contributed by atoms with Crippen molar-refractivity contribution >= 4 is 17.3 Å². The Morgan fingerprint density at radius 2 is 2.00 bits per heavy atom. The molecule has 4 heteroatoms. The van der Waals surface area contributed by atoms with Gasteiger partial charge in [-0.05, 0) is 37.1 Å². The fourth-order valence-corrected chi connectivity index (χ4v) is 2.40. The van der Waals surface area contributed by atoms with Gasteiger partial charge < -0.3 is 16.0 Å². The first-order chi connectivity index (χ1) is 9.20. The third kappa shape index (κ3) is 3.50. The van der Waals surface area contributed by atoms with Crippen LogP contribution in [0, 0.1) is 5.92 Å². The molecule has 1 fully saturated rings. The minimum Gasteiger partial charge on any atom is -0.399 e. The number of carbonyl (C=O) groups is 1. The molecule has 0 bridgehead atoms. The molecule has 1 aromatic carbocycles. The number of nitrogens with zero attached hydrogens (tertiary/aromatic N) is 1. The van der Waals surface area contributed by atoms with E-state index >= 15 is 0 Å². The van der Waals surface area contributed by atoms with Crippen molar-refractivity contribution in [2.75, 3.05) is 30.3 Å². The summed E-state index contributed by atoms with van der Waals surface area (Å²) in [4.78, 5) is 14.2. The molecule has 1 heterocycles. The van der Waals surface area contributed by atoms with Crippen molar-refractivity contribution in [1.82, 2.24) is 5.32 Å². The molecule has 0 radical (unpaired) electrons. The second kappa shape index (κ2) is 6.27. The van der Waals surface area contributed by atoms with Gasteiger partial charge in [-0.1, -0.05) is 6.08 Å². The largest absolute Gasteiger partial charge is 0.399 e. The number of nitrogens with two attached hydrogens (primary N) is 1. The van der Waals surface area contributed by atoms with Crippen molar-refractivity contribution in [3.63, 3.8) is 0 Å². The lowest BCUT2D eigenvalue weighted by Gasteiger charge is -2.33. The van der Waals surface area contributed by atoms with Crippen molar-refractivity contribution in [2.24, 2.45) is 5.92 Å². The summed E-state index contributed by atoms with van der Waals surface area (Å²) in [5.74, 6) is 0.279. The topological polar surface area (TPSA) is 58.4 Å². The molecule has 4 nitrogen and oxygen atoms in total. The van der Waals surface area contributed by atoms with E-state index in [4.69, 9.17) is 5.73 Å². The highest BCUT2D eigenvalue weighted by atomic mass is 16.1. The zero-order valence-corrected chi connectivity index (χ0v) is 11.1. The monoisotopic (exact) mass is 259 g/mol. The van der Waals surface area contributed by atoms with Gasteiger partial charge in [0.2, 0.25) is 5.91 Å². The van der Waals surface area contributed by atoms with E-state index in [0.717, 1.165) is 31.6 Å². The summed E-state index contributed by atoms with van der Waals surface area (Å²) in [5.41, 5.74) is 7.64. The van der Waals surface area contributed by atoms with Crippen molar-refractivity contribution in [3.8, 4) is 0 Å². The normalized spacial score (nSPS) is 16.1. The summed E-state index contributed by atoms with van der Waals surface area (Å²) in [7, 11) is 0. The van der Waals surface area contributed by atoms with Gasteiger partial charge in [0.05, 0.1) is 0 Å². The zero-order chi connectivity index (χ0) is 13.7. The SMILES string of the molecule is C=CCNC(=O)C1CCN(c2ccc(N)cc2)CC1. The van der Waals surface area contributed by atoms with Gasteiger partial charge in [0.15, 0.2) is 0 Å². The zero-order valence-electron chi connectivity index (χ0n) is 11.1. The van der Waals surface area contributed by atoms with Crippen molar-refractivity contribution in [1.29, 1.82) is 0 Å². The molecule has 0 spiro atoms. The van der Waals surface area contributed by atoms with Crippen LogP contribution in [0.5, 0.6) is 0 Å². The molecule has 0 aromatic heterocycles. The summed E-state index contributed by atoms with van der Waals surface area (Å²) in [6.07, 6.45) is 3.50. The highest BCUT2D eigenvalue weighted by molar-refractivity contribution is 5.79. The van der Waals surface area contributed by atoms with Crippen LogP contribution in [0.1, 0.15) is 12.8 Å². The second-order valence-electron chi connectivity index (χ2n) is 4.89. The smallest absolute Gasteiger partial charge is 0.223 e. The molecule has 0 saturated carbocycles. The molecular weight excluding hydrogens is 238 g/mol. The highest BCUT2D eigenvalue weighted by Gasteiger charge is 2.24. The van der Waals surface area contributed by atoms with Crippen molar-refractivity contribution < 1.29 is 4.79 Å². The summed E-state index contributed by atoms with van der Waals surface area (Å²) in [5, 5.41) is 2.87. The van der Waals surface area contributed by atoms with Crippen LogP contribution >= 0.6 is 0 Å². The molecule has 0 unspecified atom stereocenters. The van der Waals surface area contributed by atoms with E-state index in [1.165, 1.54) is 5.69 Å². The molecule has 19 heavy (non-hydrogen) atoms. The Bertz CT molecular complexity index is 433. The Labute approximate surface area is 114 Å². The van der Waals surface area contributed by atoms with E-state index in [9.17, 15) is 4.79 Å². The predicted molar refractivity (Wildman–Crippen MR) is 79.0 cm³/mol. The third-order valence-corrected chi connectivity index (χ3v) is 3.54. The van der Waals surface area contributed by atoms with Gasteiger partial charge in [-0.2, -0.15) is 0 Å². The maximum atomic E-state index is 11.9. The molecule has 1 aliphatic rings. The van der Waals surface area contributed by atoms with Crippen LogP contribution in [0.4, 0.5) is 11.4 Å². The van der Waals surface area contributed by atoms with Gasteiger partial charge in [-0.3, -0.25) is 4.79 Å². The van der Waals surface area contributed by atoms with Crippen molar-refractivity contribution in [3.05, 3.63) is 36.9 Å². The minimum atomic E-state index is 0.130. The average molecular weight is 259 g/mol. The van der Waals surface area contributed by atoms with Crippen LogP contribution < -0.4 is 16.0 Å². The predicted octanol–water partition coefficient (Wildman–Crippen LogP) is 1.79. The Balaban J connectivity index is 1.86. The third-order valence-electron chi connectivity index (χ3n) is 3.54. The lowest BCUT2D eigenvalue weighted by Crippen LogP contribution is -2.40. The van der Waals surface area contributed by atoms with Gasteiger partial charge in [0.25, 0.3) is 0 Å². The summed E-state index contributed by atoms with van der Waals surface area (Å²) < 4.78 is 0. The van der Waals surface area contributed by atoms with Crippen molar-refractivity contribution in [2.45, 2.75) is 12.8 Å². The second-order valence-corrected chi connectivity index (χ2v) is 4.89. The van der Waals surface area contributed by atoms with E-state index in [0.29, 0.717) is 6.54 Å². The van der Waals surface area contributed by atoms with Gasteiger partial charge in [0, 0.05) is 36.9 Å². The number of anilines is 2. The number of benzene rings is 1. The van der Waals surface area contributed by atoms with Crippen LogP contribution in [0.2, 0.25) is 0 Å². The fourth-order valence-electron chi connectivity index (χ4n) is 2.40. The number of hydrogen-bond acceptors (Lipinski definition) is 3. The molecular formula is C15H21N3O. The van der Waals surface area contributed by atoms with Gasteiger partial charge in [0.1, 0.15) is 0 Å². The number of rotatable bonds is 4. The maximum Gasteiger partial charge on any atom is 0.223 e. The molecule has 1 aliphatic heterocycles. The molecule has 1 amide bonds. The first-order valence-electron chi connectivity index (χ1n) is 6.70. The Morgan fingerprint density at radius 3 is 2.58 bits per heavy atom. The standard InChI is InChI=1S/C15H21N3O/c1-2-9-17-15(19)12-7-10-18(11-8-12)14-5-3-13(16)4-6-14/h2-6,12H,1,7-11,16H2,(H,17,19). The first-order valence-corrected chi connectivity index (χ1v) is 6.70. The average Bonchev–Trinajstić information content (AvgIpc) is 2.46. The number of piperidine rings is 1. The molecule has 1 saturated heterocycles. The van der Waals surface area contributed by atoms with Crippen LogP contribution in [-0.2, 0) is 4.79 Å². The maximum absolute atomic E-state index is 11.9. The van der Waals surface area contributed by atoms with E-state index in [-0.39, 0.29) is 11.8 Å². The first kappa shape index (κ1) is 13.5. The lowest BCUT2D eigenvalue weighted by molar-refractivity contribution is -0.125. The van der Waals surface area contributed by atoms with Crippen LogP contribution in [0.3, 0.4) is 0 Å². The van der Waals surface area contributed by atoms with E-state index in [1.807, 2.05) is 24.3 Å². The Hall–Kier alpha value is -1.97. The van der Waals surface area contributed by atoms with Crippen LogP contribution in [0.15, 0.2) is 36.9 Å². The Morgan fingerprint density at radius 1 is 1.37 bits per heavy atom. The van der Waals surface area contributed by atoms with E-state index in [2.05, 4.69) is 16.8 Å². The molecule has 1 aromatic rings. The summed E-state index contributed by atoms with van der Waals surface area (Å²) in [6.45, 7) is 5.98. The van der Waals surface area contributed by atoms with E-state index < -0.39 is 0 Å². The molecule has 102 valence electrons. The number of hydrogen-bond donors (Lipinski definition) is 2. The molecule has 3 N–H and O–H groups in total. The number of nitrogen functional groups attached to an aromatic ring is 1. The number of nitrogens with one attached hydrogen (secondary N) is 1. The fraction of sp³-hybridized carbons (Fsp3) is 0.400. The van der Waals surface area contributed by atoms with Gasteiger partial charge in [-0.25, -0.2) is 0 Å². The summed E-state index contributed by atoms with van der Waals surface area (Å²) >= 11 is 0. The minimum absolute atomic E-state index is 0.130. The van der Waals surface area contributed by atoms with Crippen LogP contribution in [-0.4, -0.2) is 25.5 Å². The highest BCUT2D eigenvalue weighted by Crippen LogP contribution is 2.24.